The summed E-state index contributed by atoms with van der Waals surface area (Å²) in [4.78, 5) is 29.8. The second-order valence-corrected chi connectivity index (χ2v) is 10.2. The van der Waals surface area contributed by atoms with Crippen molar-refractivity contribution in [2.24, 2.45) is 5.10 Å². The van der Waals surface area contributed by atoms with Crippen molar-refractivity contribution in [3.63, 3.8) is 0 Å². The van der Waals surface area contributed by atoms with Crippen molar-refractivity contribution in [1.82, 2.24) is 9.66 Å². The molecule has 186 valence electrons. The molecule has 0 unspecified atom stereocenters. The number of esters is 1. The van der Waals surface area contributed by atoms with Gasteiger partial charge in [-0.05, 0) is 54.0 Å². The number of fused-ring (bicyclic) bond motifs is 1. The first-order valence-electron chi connectivity index (χ1n) is 10.7. The van der Waals surface area contributed by atoms with E-state index in [9.17, 15) is 9.59 Å². The summed E-state index contributed by atoms with van der Waals surface area (Å²) >= 11 is 13.4. The van der Waals surface area contributed by atoms with Gasteiger partial charge in [0.15, 0.2) is 18.1 Å². The van der Waals surface area contributed by atoms with Crippen LogP contribution in [0.15, 0.2) is 43.1 Å². The van der Waals surface area contributed by atoms with E-state index in [0.717, 1.165) is 4.47 Å². The molecule has 0 aliphatic carbocycles. The topological polar surface area (TPSA) is 92.0 Å². The fourth-order valence-electron chi connectivity index (χ4n) is 3.18. The van der Waals surface area contributed by atoms with Crippen molar-refractivity contribution in [3.8, 4) is 11.5 Å². The molecule has 1 heterocycles. The lowest BCUT2D eigenvalue weighted by atomic mass is 10.2. The van der Waals surface area contributed by atoms with E-state index in [2.05, 4.69) is 41.9 Å². The number of nitrogens with zero attached hydrogens (tertiary/aromatic N) is 3. The first-order chi connectivity index (χ1) is 16.5. The van der Waals surface area contributed by atoms with Crippen LogP contribution in [0.2, 0.25) is 5.02 Å². The quantitative estimate of drug-likeness (QED) is 0.227. The molecule has 35 heavy (non-hydrogen) atoms. The smallest absolute Gasteiger partial charge is 0.344 e. The summed E-state index contributed by atoms with van der Waals surface area (Å²) in [6.45, 7) is 7.03. The van der Waals surface area contributed by atoms with Crippen LogP contribution in [0.3, 0.4) is 0 Å². The normalized spacial score (nSPS) is 11.6. The van der Waals surface area contributed by atoms with Gasteiger partial charge in [0.2, 0.25) is 0 Å². The van der Waals surface area contributed by atoms with Gasteiger partial charge in [-0.25, -0.2) is 9.78 Å². The molecule has 0 aliphatic heterocycles. The van der Waals surface area contributed by atoms with Gasteiger partial charge in [0.1, 0.15) is 10.8 Å². The minimum Gasteiger partial charge on any atom is -0.493 e. The lowest BCUT2D eigenvalue weighted by molar-refractivity contribution is -0.149. The van der Waals surface area contributed by atoms with Crippen LogP contribution < -0.4 is 15.0 Å². The van der Waals surface area contributed by atoms with E-state index in [0.29, 0.717) is 26.8 Å². The third-order valence-electron chi connectivity index (χ3n) is 4.74. The Bertz CT molecular complexity index is 1360. The molecule has 11 heteroatoms. The van der Waals surface area contributed by atoms with Gasteiger partial charge in [0, 0.05) is 20.4 Å². The minimum atomic E-state index is -0.532. The molecule has 1 aromatic heterocycles. The van der Waals surface area contributed by atoms with Crippen molar-refractivity contribution in [3.05, 3.63) is 60.0 Å². The zero-order valence-electron chi connectivity index (χ0n) is 19.8. The van der Waals surface area contributed by atoms with Crippen LogP contribution in [-0.2, 0) is 9.53 Å². The van der Waals surface area contributed by atoms with Crippen LogP contribution in [0.5, 0.6) is 11.5 Å². The maximum Gasteiger partial charge on any atom is 0.344 e. The summed E-state index contributed by atoms with van der Waals surface area (Å²) < 4.78 is 18.6. The van der Waals surface area contributed by atoms with Gasteiger partial charge >= 0.3 is 5.97 Å². The Morgan fingerprint density at radius 1 is 1.23 bits per heavy atom. The third kappa shape index (κ3) is 6.23. The van der Waals surface area contributed by atoms with E-state index in [1.54, 1.807) is 32.0 Å². The summed E-state index contributed by atoms with van der Waals surface area (Å²) in [6, 6.07) is 6.97. The van der Waals surface area contributed by atoms with Crippen LogP contribution in [-0.4, -0.2) is 41.7 Å². The van der Waals surface area contributed by atoms with Gasteiger partial charge in [-0.2, -0.15) is 9.78 Å². The van der Waals surface area contributed by atoms with Gasteiger partial charge in [-0.3, -0.25) is 4.79 Å². The van der Waals surface area contributed by atoms with E-state index < -0.39 is 5.97 Å². The lowest BCUT2D eigenvalue weighted by Crippen LogP contribution is -2.23. The molecule has 0 saturated heterocycles. The average Bonchev–Trinajstić information content (AvgIpc) is 2.79. The number of halogens is 3. The van der Waals surface area contributed by atoms with Crippen molar-refractivity contribution in [2.45, 2.75) is 39.7 Å². The number of rotatable bonds is 8. The molecular weight excluding hydrogens is 606 g/mol. The Hall–Kier alpha value is -2.43. The summed E-state index contributed by atoms with van der Waals surface area (Å²) in [5.41, 5.74) is 0.825. The molecule has 3 aromatic rings. The maximum atomic E-state index is 13.2. The van der Waals surface area contributed by atoms with Gasteiger partial charge < -0.3 is 14.2 Å². The molecule has 2 aromatic carbocycles. The fraction of sp³-hybridized carbons (Fsp3) is 0.333. The van der Waals surface area contributed by atoms with Gasteiger partial charge in [0.05, 0.1) is 30.3 Å². The molecular formula is C24H24Br2ClN3O5. The zero-order valence-corrected chi connectivity index (χ0v) is 23.7. The zero-order chi connectivity index (χ0) is 25.9. The number of methoxy groups -OCH3 is 1. The maximum absolute atomic E-state index is 13.2. The largest absolute Gasteiger partial charge is 0.493 e. The number of hydrogen-bond acceptors (Lipinski definition) is 7. The average molecular weight is 630 g/mol. The standard InChI is InChI=1S/C24H24Br2ClN3O5/c1-12(2)23-29-17-7-6-15(25)9-16(17)24(32)30(23)28-10-14-8-18(33-5)22(21(27)20(14)26)34-11-19(31)35-13(3)4/h6-10,12-13H,11H2,1-5H3. The first-order valence-corrected chi connectivity index (χ1v) is 12.6. The lowest BCUT2D eigenvalue weighted by Gasteiger charge is -2.15. The molecule has 0 atom stereocenters. The fourth-order valence-corrected chi connectivity index (χ4v) is 4.20. The first kappa shape index (κ1) is 27.2. The summed E-state index contributed by atoms with van der Waals surface area (Å²) in [6.07, 6.45) is 1.22. The monoisotopic (exact) mass is 627 g/mol. The van der Waals surface area contributed by atoms with Crippen LogP contribution in [0.4, 0.5) is 0 Å². The van der Waals surface area contributed by atoms with Crippen molar-refractivity contribution in [1.29, 1.82) is 0 Å². The van der Waals surface area contributed by atoms with E-state index in [-0.39, 0.29) is 40.7 Å². The highest BCUT2D eigenvalue weighted by Gasteiger charge is 2.19. The van der Waals surface area contributed by atoms with Gasteiger partial charge in [0.25, 0.3) is 5.56 Å². The molecule has 0 fully saturated rings. The third-order valence-corrected chi connectivity index (χ3v) is 6.68. The van der Waals surface area contributed by atoms with Gasteiger partial charge in [-0.1, -0.05) is 41.4 Å². The predicted molar refractivity (Wildman–Crippen MR) is 143 cm³/mol. The highest BCUT2D eigenvalue weighted by molar-refractivity contribution is 9.10. The number of aromatic nitrogens is 2. The number of hydrogen-bond donors (Lipinski definition) is 0. The highest BCUT2D eigenvalue weighted by atomic mass is 79.9. The van der Waals surface area contributed by atoms with Crippen molar-refractivity contribution >= 4 is 66.5 Å². The number of benzene rings is 2. The van der Waals surface area contributed by atoms with E-state index >= 15 is 0 Å². The molecule has 0 N–H and O–H groups in total. The molecule has 3 rings (SSSR count). The number of carbonyl (C=O) groups excluding carboxylic acids is 1. The molecule has 0 aliphatic rings. The second-order valence-electron chi connectivity index (χ2n) is 8.10. The Morgan fingerprint density at radius 2 is 1.94 bits per heavy atom. The summed E-state index contributed by atoms with van der Waals surface area (Å²) in [7, 11) is 1.45. The summed E-state index contributed by atoms with van der Waals surface area (Å²) in [5.74, 6) is 0.385. The molecule has 8 nitrogen and oxygen atoms in total. The highest BCUT2D eigenvalue weighted by Crippen LogP contribution is 2.42. The molecule has 0 spiro atoms. The Balaban J connectivity index is 2.03. The molecule has 0 radical (unpaired) electrons. The molecule has 0 saturated carbocycles. The predicted octanol–water partition coefficient (Wildman–Crippen LogP) is 5.92. The van der Waals surface area contributed by atoms with E-state index in [1.165, 1.54) is 18.0 Å². The number of ether oxygens (including phenoxy) is 3. The van der Waals surface area contributed by atoms with Crippen LogP contribution >= 0.6 is 43.5 Å². The van der Waals surface area contributed by atoms with Crippen molar-refractivity contribution < 1.29 is 19.0 Å². The van der Waals surface area contributed by atoms with Crippen LogP contribution in [0.1, 0.15) is 45.0 Å². The SMILES string of the molecule is COc1cc(C=Nn2c(C(C)C)nc3ccc(Br)cc3c2=O)c(Br)c(Cl)c1OCC(=O)OC(C)C. The molecule has 0 amide bonds. The summed E-state index contributed by atoms with van der Waals surface area (Å²) in [5, 5.41) is 5.05. The van der Waals surface area contributed by atoms with E-state index in [1.807, 2.05) is 19.9 Å². The number of carbonyl (C=O) groups is 1. The van der Waals surface area contributed by atoms with Crippen molar-refractivity contribution in [2.75, 3.05) is 13.7 Å². The Kier molecular flexibility index (Phi) is 8.95. The van der Waals surface area contributed by atoms with Gasteiger partial charge in [-0.15, -0.1) is 0 Å². The van der Waals surface area contributed by atoms with E-state index in [4.69, 9.17) is 25.8 Å². The van der Waals surface area contributed by atoms with Crippen LogP contribution in [0.25, 0.3) is 10.9 Å². The Labute approximate surface area is 224 Å². The molecule has 0 bridgehead atoms. The Morgan fingerprint density at radius 3 is 2.57 bits per heavy atom. The van der Waals surface area contributed by atoms with Crippen LogP contribution in [0, 0.1) is 0 Å². The minimum absolute atomic E-state index is 0.0594. The second kappa shape index (κ2) is 11.5.